The number of thiophene rings is 1. The van der Waals surface area contributed by atoms with E-state index in [1.807, 2.05) is 12.4 Å². The minimum Gasteiger partial charge on any atom is -0.492 e. The molecule has 0 bridgehead atoms. The Morgan fingerprint density at radius 1 is 1.23 bits per heavy atom. The Bertz CT molecular complexity index is 1260. The van der Waals surface area contributed by atoms with Gasteiger partial charge in [0.25, 0.3) is 0 Å². The lowest BCUT2D eigenvalue weighted by Crippen LogP contribution is -2.29. The lowest BCUT2D eigenvalue weighted by molar-refractivity contribution is 0.343. The van der Waals surface area contributed by atoms with Crippen LogP contribution in [-0.4, -0.2) is 39.4 Å². The van der Waals surface area contributed by atoms with Crippen LogP contribution in [0.1, 0.15) is 29.3 Å². The first-order valence-electron chi connectivity index (χ1n) is 10.8. The molecular weight excluding hydrogens is 408 g/mol. The number of hydrogen-bond donors (Lipinski definition) is 2. The second-order valence-corrected chi connectivity index (χ2v) is 9.40. The molecule has 6 rings (SSSR count). The van der Waals surface area contributed by atoms with Gasteiger partial charge in [-0.05, 0) is 38.4 Å². The third-order valence-corrected chi connectivity index (χ3v) is 7.16. The average Bonchev–Trinajstić information content (AvgIpc) is 3.52. The van der Waals surface area contributed by atoms with E-state index in [4.69, 9.17) is 9.72 Å². The van der Waals surface area contributed by atoms with E-state index in [-0.39, 0.29) is 0 Å². The number of hydrogen-bond acceptors (Lipinski definition) is 7. The Labute approximate surface area is 184 Å². The number of ether oxygens (including phenoxy) is 1. The van der Waals surface area contributed by atoms with Gasteiger partial charge in [0, 0.05) is 28.6 Å². The van der Waals surface area contributed by atoms with Crippen LogP contribution in [-0.2, 0) is 6.42 Å². The molecule has 0 radical (unpaired) electrons. The first-order chi connectivity index (χ1) is 15.3. The number of anilines is 2. The molecule has 3 aromatic heterocycles. The zero-order valence-electron chi connectivity index (χ0n) is 17.4. The van der Waals surface area contributed by atoms with Crippen LogP contribution in [0.15, 0.2) is 36.8 Å². The Kier molecular flexibility index (Phi) is 4.61. The van der Waals surface area contributed by atoms with Crippen molar-refractivity contribution >= 4 is 33.2 Å². The summed E-state index contributed by atoms with van der Waals surface area (Å²) in [6.07, 6.45) is 8.99. The van der Waals surface area contributed by atoms with Crippen molar-refractivity contribution in [2.24, 2.45) is 0 Å². The van der Waals surface area contributed by atoms with Gasteiger partial charge in [0.2, 0.25) is 5.95 Å². The van der Waals surface area contributed by atoms with Crippen molar-refractivity contribution in [2.75, 3.05) is 25.0 Å². The maximum Gasteiger partial charge on any atom is 0.227 e. The molecule has 31 heavy (non-hydrogen) atoms. The van der Waals surface area contributed by atoms with Gasteiger partial charge >= 0.3 is 0 Å². The molecule has 5 heterocycles. The van der Waals surface area contributed by atoms with E-state index in [1.54, 1.807) is 11.3 Å². The molecule has 2 aliphatic rings. The maximum absolute atomic E-state index is 5.97. The van der Waals surface area contributed by atoms with Crippen LogP contribution in [0.3, 0.4) is 0 Å². The minimum absolute atomic E-state index is 0.450. The number of fused-ring (bicyclic) bond motifs is 2. The lowest BCUT2D eigenvalue weighted by Gasteiger charge is -2.22. The normalized spacial score (nSPS) is 16.4. The molecule has 0 saturated carbocycles. The molecule has 0 atom stereocenters. The Morgan fingerprint density at radius 3 is 3.03 bits per heavy atom. The summed E-state index contributed by atoms with van der Waals surface area (Å²) in [5.41, 5.74) is 5.43. The van der Waals surface area contributed by atoms with Crippen LogP contribution in [0.4, 0.5) is 11.6 Å². The molecule has 1 saturated heterocycles. The van der Waals surface area contributed by atoms with Crippen LogP contribution < -0.4 is 15.4 Å². The van der Waals surface area contributed by atoms with Gasteiger partial charge < -0.3 is 15.4 Å². The standard InChI is InChI=1S/C23H24N6OS/c1-14-20(18-4-2-3-15-7-10-30-22(15)18)21-19(31-14)12-25-23(28-21)27-16-11-26-29(13-16)17-5-8-24-9-6-17/h2-4,11-13,17,24H,5-10H2,1H3,(H,25,27,28). The molecular formula is C23H24N6OS. The summed E-state index contributed by atoms with van der Waals surface area (Å²) in [7, 11) is 0. The zero-order valence-corrected chi connectivity index (χ0v) is 18.2. The summed E-state index contributed by atoms with van der Waals surface area (Å²) in [5.74, 6) is 1.59. The summed E-state index contributed by atoms with van der Waals surface area (Å²) >= 11 is 1.73. The molecule has 8 heteroatoms. The number of benzene rings is 1. The van der Waals surface area contributed by atoms with E-state index in [1.165, 1.54) is 10.4 Å². The number of aromatic nitrogens is 4. The molecule has 2 N–H and O–H groups in total. The van der Waals surface area contributed by atoms with Crippen molar-refractivity contribution in [2.45, 2.75) is 32.2 Å². The summed E-state index contributed by atoms with van der Waals surface area (Å²) < 4.78 is 9.12. The van der Waals surface area contributed by atoms with Gasteiger partial charge in [0.1, 0.15) is 5.75 Å². The molecule has 0 unspecified atom stereocenters. The van der Waals surface area contributed by atoms with Gasteiger partial charge in [-0.15, -0.1) is 11.3 Å². The van der Waals surface area contributed by atoms with Crippen molar-refractivity contribution in [3.63, 3.8) is 0 Å². The third kappa shape index (κ3) is 3.36. The smallest absolute Gasteiger partial charge is 0.227 e. The Hall–Kier alpha value is -2.97. The van der Waals surface area contributed by atoms with E-state index in [9.17, 15) is 0 Å². The number of para-hydroxylation sites is 1. The van der Waals surface area contributed by atoms with Gasteiger partial charge in [0.15, 0.2) is 0 Å². The van der Waals surface area contributed by atoms with Crippen LogP contribution in [0, 0.1) is 6.92 Å². The molecule has 0 aliphatic carbocycles. The van der Waals surface area contributed by atoms with Gasteiger partial charge in [-0.3, -0.25) is 4.68 Å². The topological polar surface area (TPSA) is 76.9 Å². The van der Waals surface area contributed by atoms with Gasteiger partial charge in [-0.1, -0.05) is 18.2 Å². The molecule has 1 fully saturated rings. The summed E-state index contributed by atoms with van der Waals surface area (Å²) in [6, 6.07) is 6.85. The second-order valence-electron chi connectivity index (χ2n) is 8.15. The van der Waals surface area contributed by atoms with Crippen LogP contribution in [0.25, 0.3) is 21.3 Å². The van der Waals surface area contributed by atoms with E-state index in [0.717, 1.165) is 71.7 Å². The number of rotatable bonds is 4. The predicted molar refractivity (Wildman–Crippen MR) is 123 cm³/mol. The molecule has 0 spiro atoms. The fourth-order valence-corrected chi connectivity index (χ4v) is 5.59. The zero-order chi connectivity index (χ0) is 20.8. The molecule has 158 valence electrons. The molecule has 1 aromatic carbocycles. The van der Waals surface area contributed by atoms with E-state index in [2.05, 4.69) is 56.7 Å². The highest BCUT2D eigenvalue weighted by Crippen LogP contribution is 2.44. The number of piperidine rings is 1. The quantitative estimate of drug-likeness (QED) is 0.496. The number of aryl methyl sites for hydroxylation is 1. The van der Waals surface area contributed by atoms with Crippen molar-refractivity contribution in [3.8, 4) is 16.9 Å². The Balaban J connectivity index is 1.34. The molecule has 4 aromatic rings. The molecule has 0 amide bonds. The fourth-order valence-electron chi connectivity index (χ4n) is 4.60. The highest BCUT2D eigenvalue weighted by Gasteiger charge is 2.22. The molecule has 2 aliphatic heterocycles. The largest absolute Gasteiger partial charge is 0.492 e. The SMILES string of the molecule is Cc1sc2cnc(Nc3cnn(C4CCNCC4)c3)nc2c1-c1cccc2c1OCC2. The number of nitrogens with zero attached hydrogens (tertiary/aromatic N) is 4. The van der Waals surface area contributed by atoms with Crippen LogP contribution in [0.5, 0.6) is 5.75 Å². The number of nitrogens with one attached hydrogen (secondary N) is 2. The minimum atomic E-state index is 0.450. The van der Waals surface area contributed by atoms with Crippen molar-refractivity contribution in [1.82, 2.24) is 25.1 Å². The summed E-state index contributed by atoms with van der Waals surface area (Å²) in [4.78, 5) is 10.7. The van der Waals surface area contributed by atoms with Crippen molar-refractivity contribution < 1.29 is 4.74 Å². The second kappa shape index (κ2) is 7.62. The van der Waals surface area contributed by atoms with Crippen LogP contribution in [0.2, 0.25) is 0 Å². The third-order valence-electron chi connectivity index (χ3n) is 6.13. The van der Waals surface area contributed by atoms with Gasteiger partial charge in [0.05, 0.1) is 40.9 Å². The maximum atomic E-state index is 5.97. The monoisotopic (exact) mass is 432 g/mol. The highest BCUT2D eigenvalue weighted by molar-refractivity contribution is 7.19. The van der Waals surface area contributed by atoms with Crippen molar-refractivity contribution in [1.29, 1.82) is 0 Å². The lowest BCUT2D eigenvalue weighted by atomic mass is 10.0. The predicted octanol–water partition coefficient (Wildman–Crippen LogP) is 4.47. The first kappa shape index (κ1) is 18.8. The van der Waals surface area contributed by atoms with E-state index >= 15 is 0 Å². The van der Waals surface area contributed by atoms with Crippen molar-refractivity contribution in [3.05, 3.63) is 47.2 Å². The summed E-state index contributed by atoms with van der Waals surface area (Å²) in [5, 5.41) is 11.3. The van der Waals surface area contributed by atoms with E-state index in [0.29, 0.717) is 12.0 Å². The first-order valence-corrected chi connectivity index (χ1v) is 11.6. The van der Waals surface area contributed by atoms with E-state index < -0.39 is 0 Å². The van der Waals surface area contributed by atoms with Crippen LogP contribution >= 0.6 is 11.3 Å². The molecule has 7 nitrogen and oxygen atoms in total. The fraction of sp³-hybridized carbons (Fsp3) is 0.348. The van der Waals surface area contributed by atoms with Gasteiger partial charge in [-0.25, -0.2) is 9.97 Å². The average molecular weight is 433 g/mol. The highest BCUT2D eigenvalue weighted by atomic mass is 32.1. The Morgan fingerprint density at radius 2 is 2.13 bits per heavy atom. The summed E-state index contributed by atoms with van der Waals surface area (Å²) in [6.45, 7) is 4.98. The van der Waals surface area contributed by atoms with Gasteiger partial charge in [-0.2, -0.15) is 5.10 Å².